The molecule has 140 valence electrons. The Morgan fingerprint density at radius 2 is 2.08 bits per heavy atom. The highest BCUT2D eigenvalue weighted by atomic mass is 79.9. The van der Waals surface area contributed by atoms with E-state index in [1.807, 2.05) is 0 Å². The quantitative estimate of drug-likeness (QED) is 0.757. The van der Waals surface area contributed by atoms with Crippen LogP contribution in [0.15, 0.2) is 22.7 Å². The van der Waals surface area contributed by atoms with Crippen molar-refractivity contribution >= 4 is 28.0 Å². The van der Waals surface area contributed by atoms with Crippen LogP contribution in [-0.4, -0.2) is 37.8 Å². The Labute approximate surface area is 157 Å². The van der Waals surface area contributed by atoms with Crippen molar-refractivity contribution in [2.75, 3.05) is 0 Å². The van der Waals surface area contributed by atoms with Gasteiger partial charge in [0.05, 0.1) is 23.3 Å². The number of carbonyl (C=O) groups is 2. The average molecular weight is 429 g/mol. The van der Waals surface area contributed by atoms with Crippen molar-refractivity contribution in [3.8, 4) is 0 Å². The monoisotopic (exact) mass is 428 g/mol. The summed E-state index contributed by atoms with van der Waals surface area (Å²) < 4.78 is 20.3. The van der Waals surface area contributed by atoms with Crippen LogP contribution in [0.4, 0.5) is 9.18 Å². The Morgan fingerprint density at radius 1 is 1.38 bits per heavy atom. The lowest BCUT2D eigenvalue weighted by molar-refractivity contribution is 0.0519. The Kier molecular flexibility index (Phi) is 5.96. The molecule has 0 saturated heterocycles. The molecule has 0 spiro atoms. The predicted molar refractivity (Wildman–Crippen MR) is 93.3 cm³/mol. The minimum absolute atomic E-state index is 0.0734. The molecule has 1 heterocycles. The van der Waals surface area contributed by atoms with Gasteiger partial charge in [0.1, 0.15) is 11.4 Å². The number of hydrogen-bond donors (Lipinski definition) is 2. The van der Waals surface area contributed by atoms with E-state index in [1.165, 1.54) is 16.8 Å². The number of carboxylic acids is 1. The third-order valence-electron chi connectivity index (χ3n) is 3.19. The number of alkyl carbamates (subject to hydrolysis) is 1. The van der Waals surface area contributed by atoms with E-state index in [2.05, 4.69) is 31.6 Å². The molecule has 0 aliphatic carbocycles. The van der Waals surface area contributed by atoms with Crippen LogP contribution in [-0.2, 0) is 17.8 Å². The zero-order valence-electron chi connectivity index (χ0n) is 14.4. The number of aromatic nitrogens is 3. The van der Waals surface area contributed by atoms with Gasteiger partial charge in [-0.1, -0.05) is 17.3 Å². The topological polar surface area (TPSA) is 106 Å². The van der Waals surface area contributed by atoms with Gasteiger partial charge in [-0.25, -0.2) is 18.7 Å². The van der Waals surface area contributed by atoms with Gasteiger partial charge in [0.2, 0.25) is 0 Å². The number of carbonyl (C=O) groups excluding carboxylic acids is 1. The number of nitrogens with one attached hydrogen (secondary N) is 1. The highest BCUT2D eigenvalue weighted by molar-refractivity contribution is 9.10. The molecule has 0 bridgehead atoms. The Morgan fingerprint density at radius 3 is 2.69 bits per heavy atom. The van der Waals surface area contributed by atoms with Crippen molar-refractivity contribution in [2.24, 2.45) is 0 Å². The summed E-state index contributed by atoms with van der Waals surface area (Å²) in [5.74, 6) is -1.73. The molecule has 0 saturated carbocycles. The number of nitrogens with zero attached hydrogens (tertiary/aromatic N) is 3. The lowest BCUT2D eigenvalue weighted by Gasteiger charge is -2.19. The van der Waals surface area contributed by atoms with Gasteiger partial charge in [-0.05, 0) is 48.3 Å². The standard InChI is InChI=1S/C16H18BrFN4O4/c1-16(2,3)26-15(25)19-7-11-13(14(23)24)20-21-22(11)8-9-5-4-6-10(18)12(9)17/h4-6H,7-8H2,1-3H3,(H,19,25)(H,23,24). The number of aromatic carboxylic acids is 1. The molecule has 0 aliphatic rings. The number of ether oxygens (including phenoxy) is 1. The second kappa shape index (κ2) is 7.81. The molecule has 0 radical (unpaired) electrons. The maximum atomic E-state index is 13.7. The first-order valence-electron chi connectivity index (χ1n) is 7.64. The zero-order valence-corrected chi connectivity index (χ0v) is 16.0. The number of halogens is 2. The third kappa shape index (κ3) is 5.01. The summed E-state index contributed by atoms with van der Waals surface area (Å²) in [5.41, 5.74) is -0.275. The van der Waals surface area contributed by atoms with Crippen LogP contribution in [0, 0.1) is 5.82 Å². The minimum Gasteiger partial charge on any atom is -0.476 e. The Balaban J connectivity index is 2.24. The van der Waals surface area contributed by atoms with Crippen LogP contribution in [0.2, 0.25) is 0 Å². The number of hydrogen-bond acceptors (Lipinski definition) is 5. The van der Waals surface area contributed by atoms with Gasteiger partial charge in [0.25, 0.3) is 0 Å². The SMILES string of the molecule is CC(C)(C)OC(=O)NCc1c(C(=O)O)nnn1Cc1cccc(F)c1Br. The number of amides is 1. The van der Waals surface area contributed by atoms with Gasteiger partial charge in [-0.2, -0.15) is 0 Å². The second-order valence-electron chi connectivity index (χ2n) is 6.42. The van der Waals surface area contributed by atoms with Crippen molar-refractivity contribution < 1.29 is 23.8 Å². The molecule has 10 heteroatoms. The van der Waals surface area contributed by atoms with E-state index in [0.717, 1.165) is 0 Å². The predicted octanol–water partition coefficient (Wildman–Crippen LogP) is 2.95. The Bertz CT molecular complexity index is 832. The molecular formula is C16H18BrFN4O4. The average Bonchev–Trinajstić information content (AvgIpc) is 2.91. The number of carboxylic acid groups (broad SMARTS) is 1. The van der Waals surface area contributed by atoms with Crippen LogP contribution >= 0.6 is 15.9 Å². The fourth-order valence-corrected chi connectivity index (χ4v) is 2.49. The molecular weight excluding hydrogens is 411 g/mol. The molecule has 2 N–H and O–H groups in total. The number of benzene rings is 1. The largest absolute Gasteiger partial charge is 0.476 e. The number of rotatable bonds is 5. The maximum absolute atomic E-state index is 13.7. The fourth-order valence-electron chi connectivity index (χ4n) is 2.10. The van der Waals surface area contributed by atoms with E-state index in [1.54, 1.807) is 26.8 Å². The van der Waals surface area contributed by atoms with Crippen LogP contribution in [0.1, 0.15) is 42.5 Å². The van der Waals surface area contributed by atoms with Crippen molar-refractivity contribution in [3.63, 3.8) is 0 Å². The molecule has 8 nitrogen and oxygen atoms in total. The zero-order chi connectivity index (χ0) is 19.5. The summed E-state index contributed by atoms with van der Waals surface area (Å²) in [6.07, 6.45) is -0.700. The molecule has 26 heavy (non-hydrogen) atoms. The molecule has 1 aromatic carbocycles. The third-order valence-corrected chi connectivity index (χ3v) is 4.08. The first-order chi connectivity index (χ1) is 12.1. The summed E-state index contributed by atoms with van der Waals surface area (Å²) in [4.78, 5) is 23.2. The summed E-state index contributed by atoms with van der Waals surface area (Å²) >= 11 is 3.15. The second-order valence-corrected chi connectivity index (χ2v) is 7.21. The molecule has 2 aromatic rings. The van der Waals surface area contributed by atoms with Gasteiger partial charge in [0, 0.05) is 0 Å². The summed E-state index contributed by atoms with van der Waals surface area (Å²) in [6, 6.07) is 4.49. The smallest absolute Gasteiger partial charge is 0.407 e. The lowest BCUT2D eigenvalue weighted by Crippen LogP contribution is -2.33. The van der Waals surface area contributed by atoms with Gasteiger partial charge in [0.15, 0.2) is 5.69 Å². The molecule has 0 fully saturated rings. The maximum Gasteiger partial charge on any atom is 0.407 e. The Hall–Kier alpha value is -2.49. The molecule has 0 atom stereocenters. The van der Waals surface area contributed by atoms with E-state index < -0.39 is 23.5 Å². The van der Waals surface area contributed by atoms with E-state index >= 15 is 0 Å². The van der Waals surface area contributed by atoms with Gasteiger partial charge < -0.3 is 15.2 Å². The van der Waals surface area contributed by atoms with E-state index in [0.29, 0.717) is 5.56 Å². The van der Waals surface area contributed by atoms with Gasteiger partial charge in [-0.3, -0.25) is 0 Å². The first-order valence-corrected chi connectivity index (χ1v) is 8.43. The molecule has 2 rings (SSSR count). The summed E-state index contributed by atoms with van der Waals surface area (Å²) in [5, 5.41) is 19.2. The van der Waals surface area contributed by atoms with Crippen LogP contribution in [0.5, 0.6) is 0 Å². The fraction of sp³-hybridized carbons (Fsp3) is 0.375. The normalized spacial score (nSPS) is 11.3. The van der Waals surface area contributed by atoms with E-state index in [4.69, 9.17) is 4.74 Å². The summed E-state index contributed by atoms with van der Waals surface area (Å²) in [7, 11) is 0. The first kappa shape index (κ1) is 19.8. The van der Waals surface area contributed by atoms with Gasteiger partial charge >= 0.3 is 12.1 Å². The van der Waals surface area contributed by atoms with Crippen LogP contribution in [0.25, 0.3) is 0 Å². The molecule has 1 aromatic heterocycles. The summed E-state index contributed by atoms with van der Waals surface area (Å²) in [6.45, 7) is 5.05. The molecule has 1 amide bonds. The van der Waals surface area contributed by atoms with E-state index in [-0.39, 0.29) is 29.0 Å². The van der Waals surface area contributed by atoms with Crippen LogP contribution in [0.3, 0.4) is 0 Å². The lowest BCUT2D eigenvalue weighted by atomic mass is 10.2. The molecule has 0 aliphatic heterocycles. The minimum atomic E-state index is -1.28. The van der Waals surface area contributed by atoms with E-state index in [9.17, 15) is 19.1 Å². The van der Waals surface area contributed by atoms with Gasteiger partial charge in [-0.15, -0.1) is 5.10 Å². The molecule has 0 unspecified atom stereocenters. The van der Waals surface area contributed by atoms with Crippen molar-refractivity contribution in [2.45, 2.75) is 39.5 Å². The van der Waals surface area contributed by atoms with Crippen molar-refractivity contribution in [1.82, 2.24) is 20.3 Å². The highest BCUT2D eigenvalue weighted by Crippen LogP contribution is 2.22. The highest BCUT2D eigenvalue weighted by Gasteiger charge is 2.22. The van der Waals surface area contributed by atoms with Crippen molar-refractivity contribution in [3.05, 3.63) is 45.4 Å². The van der Waals surface area contributed by atoms with Crippen molar-refractivity contribution in [1.29, 1.82) is 0 Å². The van der Waals surface area contributed by atoms with Crippen LogP contribution < -0.4 is 5.32 Å².